The molecule has 2 heterocycles. The first-order valence-electron chi connectivity index (χ1n) is 10.2. The molecule has 0 fully saturated rings. The molecule has 157 valence electrons. The molecule has 0 aliphatic carbocycles. The molecule has 0 bridgehead atoms. The van der Waals surface area contributed by atoms with Gasteiger partial charge in [0.25, 0.3) is 0 Å². The zero-order valence-electron chi connectivity index (χ0n) is 18.7. The molecule has 0 amide bonds. The Labute approximate surface area is 189 Å². The largest absolute Gasteiger partial charge is 0.476 e. The molecule has 2 aliphatic heterocycles. The van der Waals surface area contributed by atoms with Crippen LogP contribution in [-0.2, 0) is 30.9 Å². The van der Waals surface area contributed by atoms with E-state index in [1.54, 1.807) is 0 Å². The third-order valence-electron chi connectivity index (χ3n) is 5.64. The van der Waals surface area contributed by atoms with E-state index in [9.17, 15) is 0 Å². The molecular formula is C25H31IrN3-2. The van der Waals surface area contributed by atoms with E-state index < -0.39 is 0 Å². The summed E-state index contributed by atoms with van der Waals surface area (Å²) in [6, 6.07) is 15.2. The van der Waals surface area contributed by atoms with Crippen LogP contribution in [-0.4, -0.2) is 16.9 Å². The minimum absolute atomic E-state index is 0. The van der Waals surface area contributed by atoms with Crippen molar-refractivity contribution < 1.29 is 20.1 Å². The van der Waals surface area contributed by atoms with Gasteiger partial charge in [-0.15, -0.1) is 17.8 Å². The summed E-state index contributed by atoms with van der Waals surface area (Å²) in [6.07, 6.45) is 0. The fourth-order valence-corrected chi connectivity index (χ4v) is 3.71. The van der Waals surface area contributed by atoms with Crippen molar-refractivity contribution >= 4 is 11.5 Å². The topological polar surface area (TPSA) is 18.8 Å². The molecule has 0 atom stereocenters. The Morgan fingerprint density at radius 3 is 2.10 bits per heavy atom. The Bertz CT molecular complexity index is 961. The average Bonchev–Trinajstić information content (AvgIpc) is 3.05. The van der Waals surface area contributed by atoms with Crippen LogP contribution in [0, 0.1) is 12.7 Å². The first kappa shape index (κ1) is 22.1. The molecule has 0 saturated heterocycles. The van der Waals surface area contributed by atoms with Gasteiger partial charge in [-0.2, -0.15) is 23.3 Å². The SMILES string of the molecule is CC(C)N1[CH-]N2C(=N1)c1ccc(C(C)(C)C)cc1-c1cc(C(C)(C)C)c[c-]c12.[Ir]. The van der Waals surface area contributed by atoms with Crippen LogP contribution in [0.25, 0.3) is 11.1 Å². The second-order valence-electron chi connectivity index (χ2n) is 10.3. The molecule has 4 rings (SSSR count). The molecule has 2 aliphatic rings. The summed E-state index contributed by atoms with van der Waals surface area (Å²) in [7, 11) is 0. The van der Waals surface area contributed by atoms with Gasteiger partial charge in [-0.25, -0.2) is 0 Å². The molecule has 4 heteroatoms. The number of hydrogen-bond donors (Lipinski definition) is 0. The summed E-state index contributed by atoms with van der Waals surface area (Å²) >= 11 is 0. The number of benzene rings is 2. The fourth-order valence-electron chi connectivity index (χ4n) is 3.71. The molecule has 1 radical (unpaired) electrons. The van der Waals surface area contributed by atoms with Crippen LogP contribution in [0.4, 0.5) is 5.69 Å². The van der Waals surface area contributed by atoms with Gasteiger partial charge in [-0.05, 0) is 24.8 Å². The van der Waals surface area contributed by atoms with Crippen molar-refractivity contribution in [2.24, 2.45) is 5.10 Å². The average molecular weight is 566 g/mol. The third-order valence-corrected chi connectivity index (χ3v) is 5.64. The number of fused-ring (bicyclic) bond motifs is 6. The molecule has 2 aromatic carbocycles. The number of hydrazone groups is 1. The van der Waals surface area contributed by atoms with Crippen LogP contribution < -0.4 is 4.90 Å². The van der Waals surface area contributed by atoms with E-state index in [1.165, 1.54) is 27.8 Å². The summed E-state index contributed by atoms with van der Waals surface area (Å²) in [5, 5.41) is 6.95. The van der Waals surface area contributed by atoms with E-state index in [0.29, 0.717) is 6.04 Å². The number of hydrogen-bond acceptors (Lipinski definition) is 3. The van der Waals surface area contributed by atoms with Crippen molar-refractivity contribution in [2.75, 3.05) is 4.90 Å². The van der Waals surface area contributed by atoms with E-state index in [2.05, 4.69) is 103 Å². The van der Waals surface area contributed by atoms with Gasteiger partial charge in [0.1, 0.15) is 5.84 Å². The van der Waals surface area contributed by atoms with Gasteiger partial charge in [-0.1, -0.05) is 76.4 Å². The third kappa shape index (κ3) is 3.78. The van der Waals surface area contributed by atoms with Crippen LogP contribution in [0.1, 0.15) is 72.1 Å². The summed E-state index contributed by atoms with van der Waals surface area (Å²) in [5.74, 6) is 0.997. The van der Waals surface area contributed by atoms with E-state index >= 15 is 0 Å². The molecule has 2 aromatic rings. The fraction of sp³-hybridized carbons (Fsp3) is 0.440. The first-order chi connectivity index (χ1) is 13.0. The molecule has 3 nitrogen and oxygen atoms in total. The number of anilines is 1. The van der Waals surface area contributed by atoms with Crippen molar-refractivity contribution in [3.05, 3.63) is 59.8 Å². The Hall–Kier alpha value is -1.64. The minimum Gasteiger partial charge on any atom is -0.476 e. The first-order valence-corrected chi connectivity index (χ1v) is 10.2. The molecule has 0 N–H and O–H groups in total. The second kappa shape index (κ2) is 7.25. The van der Waals surface area contributed by atoms with Crippen molar-refractivity contribution in [1.29, 1.82) is 0 Å². The monoisotopic (exact) mass is 566 g/mol. The summed E-state index contributed by atoms with van der Waals surface area (Å²) in [5.41, 5.74) is 7.63. The maximum Gasteiger partial charge on any atom is 0.127 e. The second-order valence-corrected chi connectivity index (χ2v) is 10.3. The van der Waals surface area contributed by atoms with Crippen LogP contribution >= 0.6 is 0 Å². The van der Waals surface area contributed by atoms with E-state index in [1.807, 2.05) is 5.01 Å². The van der Waals surface area contributed by atoms with Gasteiger partial charge >= 0.3 is 0 Å². The van der Waals surface area contributed by atoms with Gasteiger partial charge in [-0.3, -0.25) is 0 Å². The molecule has 29 heavy (non-hydrogen) atoms. The van der Waals surface area contributed by atoms with Crippen LogP contribution in [0.3, 0.4) is 0 Å². The normalized spacial score (nSPS) is 15.6. The van der Waals surface area contributed by atoms with Crippen molar-refractivity contribution in [3.63, 3.8) is 0 Å². The quantitative estimate of drug-likeness (QED) is 0.391. The van der Waals surface area contributed by atoms with E-state index in [-0.39, 0.29) is 30.9 Å². The Balaban J connectivity index is 0.00000240. The predicted molar refractivity (Wildman–Crippen MR) is 118 cm³/mol. The molecular weight excluding hydrogens is 535 g/mol. The molecule has 0 saturated carbocycles. The van der Waals surface area contributed by atoms with Crippen molar-refractivity contribution in [1.82, 2.24) is 5.01 Å². The van der Waals surface area contributed by atoms with Gasteiger partial charge in [0.2, 0.25) is 0 Å². The van der Waals surface area contributed by atoms with Crippen LogP contribution in [0.2, 0.25) is 0 Å². The molecule has 0 unspecified atom stereocenters. The van der Waals surface area contributed by atoms with E-state index in [0.717, 1.165) is 11.5 Å². The van der Waals surface area contributed by atoms with Crippen LogP contribution in [0.15, 0.2) is 35.4 Å². The Morgan fingerprint density at radius 2 is 1.52 bits per heavy atom. The summed E-state index contributed by atoms with van der Waals surface area (Å²) in [6.45, 7) is 20.0. The van der Waals surface area contributed by atoms with Gasteiger partial charge in [0.05, 0.1) is 0 Å². The van der Waals surface area contributed by atoms with Gasteiger partial charge in [0.15, 0.2) is 0 Å². The maximum atomic E-state index is 4.91. The van der Waals surface area contributed by atoms with Gasteiger partial charge in [0, 0.05) is 31.7 Å². The zero-order valence-corrected chi connectivity index (χ0v) is 21.1. The number of amidine groups is 1. The summed E-state index contributed by atoms with van der Waals surface area (Å²) < 4.78 is 0. The number of rotatable bonds is 1. The van der Waals surface area contributed by atoms with Crippen LogP contribution in [0.5, 0.6) is 0 Å². The minimum atomic E-state index is 0. The van der Waals surface area contributed by atoms with Crippen molar-refractivity contribution in [3.8, 4) is 11.1 Å². The standard InChI is InChI=1S/C25H31N3.Ir/c1-16(2)28-15-27-22-12-10-18(25(6,7)8)14-21(22)20-13-17(24(3,4)5)9-11-19(20)23(27)26-28;/h9-11,13-16H,1-8H3;/q-2;. The van der Waals surface area contributed by atoms with Crippen molar-refractivity contribution in [2.45, 2.75) is 72.3 Å². The van der Waals surface area contributed by atoms with E-state index in [4.69, 9.17) is 5.10 Å². The molecule has 0 aromatic heterocycles. The number of nitrogens with zero attached hydrogens (tertiary/aromatic N) is 3. The molecule has 0 spiro atoms. The zero-order chi connectivity index (χ0) is 20.4. The summed E-state index contributed by atoms with van der Waals surface area (Å²) in [4.78, 5) is 2.20. The Kier molecular flexibility index (Phi) is 5.51. The maximum absolute atomic E-state index is 4.91. The smallest absolute Gasteiger partial charge is 0.127 e. The predicted octanol–water partition coefficient (Wildman–Crippen LogP) is 6.07. The van der Waals surface area contributed by atoms with Gasteiger partial charge < -0.3 is 9.91 Å². The Morgan fingerprint density at radius 1 is 0.897 bits per heavy atom.